The Labute approximate surface area is 227 Å². The van der Waals surface area contributed by atoms with Crippen molar-refractivity contribution in [1.29, 1.82) is 0 Å². The van der Waals surface area contributed by atoms with Gasteiger partial charge in [-0.2, -0.15) is 8.78 Å². The van der Waals surface area contributed by atoms with Crippen LogP contribution in [0.5, 0.6) is 5.75 Å². The van der Waals surface area contributed by atoms with Gasteiger partial charge < -0.3 is 14.8 Å². The lowest BCUT2D eigenvalue weighted by atomic mass is 10.0. The highest BCUT2D eigenvalue weighted by Crippen LogP contribution is 2.44. The second-order valence-corrected chi connectivity index (χ2v) is 9.78. The lowest BCUT2D eigenvalue weighted by Crippen LogP contribution is -2.51. The van der Waals surface area contributed by atoms with E-state index >= 15 is 0 Å². The van der Waals surface area contributed by atoms with Gasteiger partial charge in [-0.1, -0.05) is 24.3 Å². The van der Waals surface area contributed by atoms with E-state index in [4.69, 9.17) is 4.74 Å². The Morgan fingerprint density at radius 1 is 1.05 bits per heavy atom. The highest BCUT2D eigenvalue weighted by Gasteiger charge is 2.54. The number of fused-ring (bicyclic) bond motifs is 1. The molecule has 2 aliphatic rings. The van der Waals surface area contributed by atoms with Gasteiger partial charge in [0.25, 0.3) is 5.56 Å². The van der Waals surface area contributed by atoms with Crippen molar-refractivity contribution in [3.8, 4) is 22.6 Å². The molecule has 1 saturated carbocycles. The molecule has 0 spiro atoms. The van der Waals surface area contributed by atoms with E-state index in [1.165, 1.54) is 35.2 Å². The highest BCUT2D eigenvalue weighted by atomic mass is 19.3. The summed E-state index contributed by atoms with van der Waals surface area (Å²) in [6, 6.07) is 15.3. The first-order valence-corrected chi connectivity index (χ1v) is 12.9. The zero-order valence-corrected chi connectivity index (χ0v) is 21.3. The number of morpholine rings is 1. The molecule has 40 heavy (non-hydrogen) atoms. The topological polar surface area (TPSA) is 85.7 Å². The van der Waals surface area contributed by atoms with Crippen LogP contribution >= 0.6 is 0 Å². The summed E-state index contributed by atoms with van der Waals surface area (Å²) in [4.78, 5) is 33.2. The maximum Gasteiger partial charge on any atom is 0.387 e. The quantitative estimate of drug-likeness (QED) is 0.362. The molecule has 206 valence electrons. The number of rotatable bonds is 7. The van der Waals surface area contributed by atoms with Gasteiger partial charge in [0, 0.05) is 18.7 Å². The molecule has 1 amide bonds. The molecule has 11 heteroatoms. The maximum absolute atomic E-state index is 14.3. The predicted octanol–water partition coefficient (Wildman–Crippen LogP) is 4.60. The summed E-state index contributed by atoms with van der Waals surface area (Å²) < 4.78 is 51.9. The van der Waals surface area contributed by atoms with E-state index in [1.807, 2.05) is 0 Å². The third-order valence-corrected chi connectivity index (χ3v) is 7.41. The number of benzene rings is 3. The van der Waals surface area contributed by atoms with Crippen LogP contribution in [-0.2, 0) is 9.53 Å². The van der Waals surface area contributed by atoms with Crippen molar-refractivity contribution in [3.63, 3.8) is 0 Å². The average molecular weight is 551 g/mol. The van der Waals surface area contributed by atoms with E-state index in [-0.39, 0.29) is 22.7 Å². The minimum absolute atomic E-state index is 0.0178. The molecule has 0 bridgehead atoms. The number of ether oxygens (including phenoxy) is 2. The van der Waals surface area contributed by atoms with Gasteiger partial charge in [0.05, 0.1) is 35.5 Å². The van der Waals surface area contributed by atoms with Crippen LogP contribution in [0.3, 0.4) is 0 Å². The Kier molecular flexibility index (Phi) is 6.77. The highest BCUT2D eigenvalue weighted by molar-refractivity contribution is 6.01. The van der Waals surface area contributed by atoms with Crippen LogP contribution in [0.4, 0.5) is 18.9 Å². The Bertz CT molecular complexity index is 1650. The number of anilines is 1. The molecule has 8 nitrogen and oxygen atoms in total. The summed E-state index contributed by atoms with van der Waals surface area (Å²) in [6.45, 7) is -0.868. The van der Waals surface area contributed by atoms with E-state index in [2.05, 4.69) is 19.9 Å². The largest absolute Gasteiger partial charge is 0.433 e. The van der Waals surface area contributed by atoms with Crippen molar-refractivity contribution in [2.24, 2.45) is 0 Å². The summed E-state index contributed by atoms with van der Waals surface area (Å²) in [5.74, 6) is -0.936. The van der Waals surface area contributed by atoms with Crippen LogP contribution in [0.25, 0.3) is 27.7 Å². The Hall–Kier alpha value is -4.22. The Balaban J connectivity index is 1.34. The van der Waals surface area contributed by atoms with Crippen LogP contribution in [0.1, 0.15) is 12.8 Å². The average Bonchev–Trinajstić information content (AvgIpc) is 3.77. The lowest BCUT2D eigenvalue weighted by molar-refractivity contribution is -0.124. The Morgan fingerprint density at radius 3 is 2.55 bits per heavy atom. The smallest absolute Gasteiger partial charge is 0.387 e. The number of hydrogen-bond donors (Lipinski definition) is 1. The summed E-state index contributed by atoms with van der Waals surface area (Å²) in [7, 11) is 0. The Morgan fingerprint density at radius 2 is 1.82 bits per heavy atom. The van der Waals surface area contributed by atoms with Gasteiger partial charge >= 0.3 is 6.61 Å². The van der Waals surface area contributed by atoms with E-state index in [0.29, 0.717) is 61.5 Å². The standard InChI is InChI=1S/C29H25F3N4O4/c30-22-4-2-1-3-20(22)18-5-7-21-23(15-18)33-17-36(26(21)37)19-6-8-25(40-28(31)32)24(16-19)34-27(38)29(9-10-29)35-11-13-39-14-12-35/h1-8,15-17,28H,9-14H2,(H,34,38). The summed E-state index contributed by atoms with van der Waals surface area (Å²) >= 11 is 0. The van der Waals surface area contributed by atoms with Crippen LogP contribution in [0.2, 0.25) is 0 Å². The molecule has 1 saturated heterocycles. The first-order valence-electron chi connectivity index (χ1n) is 12.9. The van der Waals surface area contributed by atoms with Crippen LogP contribution < -0.4 is 15.6 Å². The number of nitrogens with one attached hydrogen (secondary N) is 1. The number of halogens is 3. The molecule has 2 fully saturated rings. The predicted molar refractivity (Wildman–Crippen MR) is 142 cm³/mol. The number of aromatic nitrogens is 2. The fourth-order valence-electron chi connectivity index (χ4n) is 5.17. The molecule has 4 aromatic rings. The first kappa shape index (κ1) is 26.0. The van der Waals surface area contributed by atoms with Gasteiger partial charge in [0.15, 0.2) is 0 Å². The second kappa shape index (κ2) is 10.4. The number of hydrogen-bond acceptors (Lipinski definition) is 6. The van der Waals surface area contributed by atoms with Crippen molar-refractivity contribution in [2.75, 3.05) is 31.6 Å². The first-order chi connectivity index (χ1) is 19.4. The zero-order valence-electron chi connectivity index (χ0n) is 21.3. The fourth-order valence-corrected chi connectivity index (χ4v) is 5.17. The summed E-state index contributed by atoms with van der Waals surface area (Å²) in [6.07, 6.45) is 2.60. The summed E-state index contributed by atoms with van der Waals surface area (Å²) in [5, 5.41) is 3.05. The molecule has 0 radical (unpaired) electrons. The molecule has 0 unspecified atom stereocenters. The molecular weight excluding hydrogens is 525 g/mol. The van der Waals surface area contributed by atoms with Gasteiger partial charge in [0.2, 0.25) is 5.91 Å². The lowest BCUT2D eigenvalue weighted by Gasteiger charge is -2.34. The van der Waals surface area contributed by atoms with Crippen LogP contribution in [-0.4, -0.2) is 58.8 Å². The van der Waals surface area contributed by atoms with Crippen LogP contribution in [0.15, 0.2) is 71.8 Å². The van der Waals surface area contributed by atoms with Crippen molar-refractivity contribution in [3.05, 3.63) is 83.2 Å². The number of carbonyl (C=O) groups is 1. The number of nitrogens with zero attached hydrogens (tertiary/aromatic N) is 3. The SMILES string of the molecule is O=C(Nc1cc(-n2cnc3cc(-c4ccccc4F)ccc3c2=O)ccc1OC(F)F)C1(N2CCOCC2)CC1. The molecule has 1 N–H and O–H groups in total. The van der Waals surface area contributed by atoms with E-state index in [0.717, 1.165) is 0 Å². The van der Waals surface area contributed by atoms with Gasteiger partial charge in [-0.05, 0) is 54.8 Å². The second-order valence-electron chi connectivity index (χ2n) is 9.78. The third kappa shape index (κ3) is 4.82. The number of alkyl halides is 2. The van der Waals surface area contributed by atoms with E-state index in [9.17, 15) is 22.8 Å². The zero-order chi connectivity index (χ0) is 27.9. The summed E-state index contributed by atoms with van der Waals surface area (Å²) in [5.41, 5.74) is 0.499. The molecule has 1 aliphatic carbocycles. The fraction of sp³-hybridized carbons (Fsp3) is 0.276. The minimum atomic E-state index is -3.11. The van der Waals surface area contributed by atoms with E-state index < -0.39 is 23.5 Å². The molecular formula is C29H25F3N4O4. The monoisotopic (exact) mass is 550 g/mol. The molecule has 1 aromatic heterocycles. The van der Waals surface area contributed by atoms with Gasteiger partial charge in [-0.15, -0.1) is 0 Å². The van der Waals surface area contributed by atoms with Gasteiger partial charge in [0.1, 0.15) is 23.4 Å². The van der Waals surface area contributed by atoms with Crippen molar-refractivity contribution >= 4 is 22.5 Å². The molecule has 2 heterocycles. The van der Waals surface area contributed by atoms with Crippen molar-refractivity contribution in [2.45, 2.75) is 25.0 Å². The minimum Gasteiger partial charge on any atom is -0.433 e. The molecule has 0 atom stereocenters. The number of carbonyl (C=O) groups excluding carboxylic acids is 1. The molecule has 6 rings (SSSR count). The van der Waals surface area contributed by atoms with Crippen LogP contribution in [0, 0.1) is 5.82 Å². The number of amides is 1. The normalized spacial score (nSPS) is 16.7. The van der Waals surface area contributed by atoms with Crippen molar-refractivity contribution in [1.82, 2.24) is 14.5 Å². The van der Waals surface area contributed by atoms with E-state index in [1.54, 1.807) is 36.4 Å². The maximum atomic E-state index is 14.3. The van der Waals surface area contributed by atoms with Crippen molar-refractivity contribution < 1.29 is 27.4 Å². The molecule has 1 aliphatic heterocycles. The van der Waals surface area contributed by atoms with Gasteiger partial charge in [-0.3, -0.25) is 19.1 Å². The third-order valence-electron chi connectivity index (χ3n) is 7.41. The molecule has 3 aromatic carbocycles. The van der Waals surface area contributed by atoms with Gasteiger partial charge in [-0.25, -0.2) is 9.37 Å².